The van der Waals surface area contributed by atoms with E-state index in [2.05, 4.69) is 30.3 Å². The van der Waals surface area contributed by atoms with Gasteiger partial charge in [0.25, 0.3) is 6.29 Å². The van der Waals surface area contributed by atoms with Gasteiger partial charge in [0.15, 0.2) is 0 Å². The maximum Gasteiger partial charge on any atom is 0.258 e. The SMILES string of the molecule is c1ccc(C2c3ccccc3Oc3cccc(OCC4OO4)c32)cc1. The van der Waals surface area contributed by atoms with Crippen molar-refractivity contribution in [1.29, 1.82) is 0 Å². The zero-order valence-electron chi connectivity index (χ0n) is 13.4. The van der Waals surface area contributed by atoms with Crippen molar-refractivity contribution in [2.45, 2.75) is 12.2 Å². The third-order valence-corrected chi connectivity index (χ3v) is 4.50. The molecule has 0 N–H and O–H groups in total. The molecular formula is C21H16O4. The predicted molar refractivity (Wildman–Crippen MR) is 91.8 cm³/mol. The smallest absolute Gasteiger partial charge is 0.258 e. The fourth-order valence-corrected chi connectivity index (χ4v) is 3.35. The molecular weight excluding hydrogens is 316 g/mol. The van der Waals surface area contributed by atoms with E-state index in [1.807, 2.05) is 42.5 Å². The van der Waals surface area contributed by atoms with Crippen molar-refractivity contribution in [2.75, 3.05) is 6.61 Å². The van der Waals surface area contributed by atoms with Crippen LogP contribution in [0, 0.1) is 0 Å². The summed E-state index contributed by atoms with van der Waals surface area (Å²) in [6.07, 6.45) is -0.275. The molecule has 2 heterocycles. The van der Waals surface area contributed by atoms with Crippen LogP contribution >= 0.6 is 0 Å². The molecule has 0 amide bonds. The first-order valence-electron chi connectivity index (χ1n) is 8.30. The molecule has 0 spiro atoms. The van der Waals surface area contributed by atoms with Gasteiger partial charge < -0.3 is 9.47 Å². The summed E-state index contributed by atoms with van der Waals surface area (Å²) in [5.74, 6) is 2.55. The summed E-state index contributed by atoms with van der Waals surface area (Å²) >= 11 is 0. The van der Waals surface area contributed by atoms with Gasteiger partial charge in [-0.3, -0.25) is 0 Å². The number of ether oxygens (including phenoxy) is 2. The Balaban J connectivity index is 1.66. The van der Waals surface area contributed by atoms with Crippen molar-refractivity contribution >= 4 is 0 Å². The number of benzene rings is 3. The average molecular weight is 332 g/mol. The summed E-state index contributed by atoms with van der Waals surface area (Å²) in [5.41, 5.74) is 3.37. The van der Waals surface area contributed by atoms with E-state index in [4.69, 9.17) is 19.2 Å². The Bertz CT molecular complexity index is 903. The minimum absolute atomic E-state index is 0.0541. The summed E-state index contributed by atoms with van der Waals surface area (Å²) in [7, 11) is 0. The second-order valence-electron chi connectivity index (χ2n) is 6.08. The van der Waals surface area contributed by atoms with Gasteiger partial charge in [-0.25, -0.2) is 0 Å². The normalized spacial score (nSPS) is 18.0. The Hall–Kier alpha value is -2.82. The summed E-state index contributed by atoms with van der Waals surface area (Å²) in [5, 5.41) is 0. The molecule has 1 fully saturated rings. The molecule has 0 aromatic heterocycles. The van der Waals surface area contributed by atoms with Crippen LogP contribution in [0.15, 0.2) is 72.8 Å². The van der Waals surface area contributed by atoms with Crippen LogP contribution in [0.4, 0.5) is 0 Å². The molecule has 2 aliphatic rings. The fraction of sp³-hybridized carbons (Fsp3) is 0.143. The van der Waals surface area contributed by atoms with Crippen molar-refractivity contribution in [3.05, 3.63) is 89.5 Å². The molecule has 4 heteroatoms. The highest BCUT2D eigenvalue weighted by molar-refractivity contribution is 5.62. The monoisotopic (exact) mass is 332 g/mol. The number of para-hydroxylation sites is 1. The molecule has 25 heavy (non-hydrogen) atoms. The van der Waals surface area contributed by atoms with Crippen LogP contribution in [0.2, 0.25) is 0 Å². The van der Waals surface area contributed by atoms with Crippen LogP contribution in [0.5, 0.6) is 17.2 Å². The standard InChI is InChI=1S/C21H16O4/c1-2-7-14(8-3-1)20-15-9-4-5-10-16(15)23-18-12-6-11-17(21(18)20)22-13-19-24-25-19/h1-12,19-20H,13H2. The van der Waals surface area contributed by atoms with Crippen molar-refractivity contribution in [3.8, 4) is 17.2 Å². The highest BCUT2D eigenvalue weighted by Crippen LogP contribution is 2.50. The molecule has 1 unspecified atom stereocenters. The topological polar surface area (TPSA) is 43.5 Å². The van der Waals surface area contributed by atoms with E-state index in [0.29, 0.717) is 6.61 Å². The molecule has 5 rings (SSSR count). The van der Waals surface area contributed by atoms with E-state index < -0.39 is 0 Å². The van der Waals surface area contributed by atoms with Gasteiger partial charge in [0.05, 0.1) is 0 Å². The van der Waals surface area contributed by atoms with Gasteiger partial charge in [0.2, 0.25) is 0 Å². The largest absolute Gasteiger partial charge is 0.488 e. The highest BCUT2D eigenvalue weighted by Gasteiger charge is 2.33. The summed E-state index contributed by atoms with van der Waals surface area (Å²) in [6, 6.07) is 24.5. The maximum absolute atomic E-state index is 6.15. The molecule has 3 aromatic rings. The molecule has 0 radical (unpaired) electrons. The van der Waals surface area contributed by atoms with Crippen molar-refractivity contribution < 1.29 is 19.2 Å². The van der Waals surface area contributed by atoms with Crippen LogP contribution in [0.3, 0.4) is 0 Å². The Morgan fingerprint density at radius 3 is 2.36 bits per heavy atom. The highest BCUT2D eigenvalue weighted by atomic mass is 17.4. The van der Waals surface area contributed by atoms with Gasteiger partial charge >= 0.3 is 0 Å². The molecule has 4 nitrogen and oxygen atoms in total. The second-order valence-corrected chi connectivity index (χ2v) is 6.08. The lowest BCUT2D eigenvalue weighted by Gasteiger charge is -2.30. The molecule has 0 saturated carbocycles. The van der Waals surface area contributed by atoms with E-state index in [9.17, 15) is 0 Å². The summed E-state index contributed by atoms with van der Waals surface area (Å²) < 4.78 is 12.1. The molecule has 2 aliphatic heterocycles. The number of hydrogen-bond donors (Lipinski definition) is 0. The van der Waals surface area contributed by atoms with Crippen molar-refractivity contribution in [3.63, 3.8) is 0 Å². The van der Waals surface area contributed by atoms with Gasteiger partial charge in [-0.05, 0) is 23.8 Å². The van der Waals surface area contributed by atoms with Crippen LogP contribution in [0.25, 0.3) is 0 Å². The molecule has 1 atom stereocenters. The summed E-state index contributed by atoms with van der Waals surface area (Å²) in [6.45, 7) is 0.361. The quantitative estimate of drug-likeness (QED) is 0.403. The fourth-order valence-electron chi connectivity index (χ4n) is 3.35. The Morgan fingerprint density at radius 2 is 1.52 bits per heavy atom. The van der Waals surface area contributed by atoms with Gasteiger partial charge in [0, 0.05) is 17.0 Å². The first-order chi connectivity index (χ1) is 12.4. The minimum atomic E-state index is -0.275. The van der Waals surface area contributed by atoms with Gasteiger partial charge in [0.1, 0.15) is 23.9 Å². The third kappa shape index (κ3) is 2.65. The van der Waals surface area contributed by atoms with Gasteiger partial charge in [-0.2, -0.15) is 9.78 Å². The molecule has 0 aliphatic carbocycles. The minimum Gasteiger partial charge on any atom is -0.488 e. The van der Waals surface area contributed by atoms with Crippen molar-refractivity contribution in [2.24, 2.45) is 0 Å². The van der Waals surface area contributed by atoms with Crippen LogP contribution in [-0.2, 0) is 9.78 Å². The van der Waals surface area contributed by atoms with Gasteiger partial charge in [-0.15, -0.1) is 0 Å². The zero-order valence-corrected chi connectivity index (χ0v) is 13.4. The third-order valence-electron chi connectivity index (χ3n) is 4.50. The Morgan fingerprint density at radius 1 is 0.760 bits per heavy atom. The second kappa shape index (κ2) is 5.92. The Kier molecular flexibility index (Phi) is 3.44. The maximum atomic E-state index is 6.15. The number of hydrogen-bond acceptors (Lipinski definition) is 4. The van der Waals surface area contributed by atoms with E-state index >= 15 is 0 Å². The van der Waals surface area contributed by atoms with Crippen LogP contribution < -0.4 is 9.47 Å². The van der Waals surface area contributed by atoms with Gasteiger partial charge in [-0.1, -0.05) is 54.6 Å². The van der Waals surface area contributed by atoms with E-state index in [1.165, 1.54) is 5.56 Å². The first-order valence-corrected chi connectivity index (χ1v) is 8.30. The van der Waals surface area contributed by atoms with E-state index in [-0.39, 0.29) is 12.2 Å². The molecule has 3 aromatic carbocycles. The molecule has 124 valence electrons. The van der Waals surface area contributed by atoms with Crippen molar-refractivity contribution in [1.82, 2.24) is 0 Å². The predicted octanol–water partition coefficient (Wildman–Crippen LogP) is 4.64. The van der Waals surface area contributed by atoms with E-state index in [0.717, 1.165) is 28.4 Å². The molecule has 0 bridgehead atoms. The lowest BCUT2D eigenvalue weighted by atomic mass is 9.82. The zero-order chi connectivity index (χ0) is 16.6. The lowest BCUT2D eigenvalue weighted by Crippen LogP contribution is -2.14. The summed E-state index contributed by atoms with van der Waals surface area (Å²) in [4.78, 5) is 9.57. The lowest BCUT2D eigenvalue weighted by molar-refractivity contribution is 0.0850. The van der Waals surface area contributed by atoms with Crippen LogP contribution in [-0.4, -0.2) is 12.9 Å². The number of fused-ring (bicyclic) bond motifs is 2. The molecule has 1 saturated heterocycles. The first kappa shape index (κ1) is 14.5. The van der Waals surface area contributed by atoms with Crippen LogP contribution in [0.1, 0.15) is 22.6 Å². The van der Waals surface area contributed by atoms with E-state index in [1.54, 1.807) is 0 Å². The number of rotatable bonds is 4. The Labute approximate surface area is 145 Å². The average Bonchev–Trinajstić information content (AvgIpc) is 3.49.